The topological polar surface area (TPSA) is 79.7 Å². The van der Waals surface area contributed by atoms with Crippen molar-refractivity contribution in [1.82, 2.24) is 4.98 Å². The Morgan fingerprint density at radius 1 is 1.11 bits per heavy atom. The van der Waals surface area contributed by atoms with Crippen molar-refractivity contribution in [2.75, 3.05) is 11.5 Å². The van der Waals surface area contributed by atoms with E-state index < -0.39 is 17.7 Å². The van der Waals surface area contributed by atoms with Crippen molar-refractivity contribution in [2.45, 2.75) is 26.3 Å². The summed E-state index contributed by atoms with van der Waals surface area (Å²) in [7, 11) is 0. The molecule has 4 aromatic rings. The number of fused-ring (bicyclic) bond motifs is 1. The van der Waals surface area contributed by atoms with Gasteiger partial charge in [0.2, 0.25) is 0 Å². The number of rotatable bonds is 6. The first-order valence-corrected chi connectivity index (χ1v) is 12.7. The Bertz CT molecular complexity index is 1510. The van der Waals surface area contributed by atoms with Gasteiger partial charge < -0.3 is 9.84 Å². The van der Waals surface area contributed by atoms with Gasteiger partial charge in [0, 0.05) is 10.6 Å². The summed E-state index contributed by atoms with van der Waals surface area (Å²) in [6.45, 7) is 4.53. The molecule has 1 atom stereocenters. The van der Waals surface area contributed by atoms with E-state index in [1.165, 1.54) is 16.2 Å². The van der Waals surface area contributed by atoms with Crippen LogP contribution in [-0.4, -0.2) is 28.4 Å². The third-order valence-corrected chi connectivity index (χ3v) is 7.22. The smallest absolute Gasteiger partial charge is 0.301 e. The minimum Gasteiger partial charge on any atom is -0.507 e. The van der Waals surface area contributed by atoms with Gasteiger partial charge in [-0.3, -0.25) is 14.5 Å². The number of aliphatic hydroxyl groups is 1. The molecule has 1 aromatic heterocycles. The fraction of sp³-hybridized carbons (Fsp3) is 0.179. The fourth-order valence-corrected chi connectivity index (χ4v) is 5.44. The highest BCUT2D eigenvalue weighted by Crippen LogP contribution is 2.45. The number of halogens is 1. The van der Waals surface area contributed by atoms with E-state index in [9.17, 15) is 14.7 Å². The number of aliphatic hydroxyl groups excluding tert-OH is 1. The molecule has 5 rings (SSSR count). The van der Waals surface area contributed by atoms with Gasteiger partial charge in [0.25, 0.3) is 5.78 Å². The van der Waals surface area contributed by atoms with Crippen molar-refractivity contribution < 1.29 is 19.4 Å². The van der Waals surface area contributed by atoms with Crippen LogP contribution < -0.4 is 9.64 Å². The van der Waals surface area contributed by atoms with Gasteiger partial charge in [-0.25, -0.2) is 4.98 Å². The van der Waals surface area contributed by atoms with Crippen LogP contribution in [0.2, 0.25) is 5.02 Å². The average molecular weight is 519 g/mol. The Labute approximate surface area is 217 Å². The molecular weight excluding hydrogens is 496 g/mol. The van der Waals surface area contributed by atoms with E-state index in [0.29, 0.717) is 33.6 Å². The van der Waals surface area contributed by atoms with Crippen LogP contribution >= 0.6 is 22.9 Å². The zero-order valence-corrected chi connectivity index (χ0v) is 21.3. The molecule has 3 aromatic carbocycles. The molecule has 1 saturated heterocycles. The Kier molecular flexibility index (Phi) is 6.51. The van der Waals surface area contributed by atoms with Gasteiger partial charge in [-0.1, -0.05) is 48.1 Å². The summed E-state index contributed by atoms with van der Waals surface area (Å²) >= 11 is 7.35. The number of thiazole rings is 1. The number of carbonyl (C=O) groups is 2. The van der Waals surface area contributed by atoms with Crippen molar-refractivity contribution in [3.05, 3.63) is 94.0 Å². The molecule has 1 unspecified atom stereocenters. The monoisotopic (exact) mass is 518 g/mol. The predicted molar refractivity (Wildman–Crippen MR) is 143 cm³/mol. The molecule has 1 aliphatic rings. The van der Waals surface area contributed by atoms with Gasteiger partial charge in [-0.15, -0.1) is 0 Å². The first kappa shape index (κ1) is 24.0. The predicted octanol–water partition coefficient (Wildman–Crippen LogP) is 6.67. The number of ether oxygens (including phenoxy) is 1. The summed E-state index contributed by atoms with van der Waals surface area (Å²) < 4.78 is 6.72. The number of hydrogen-bond acceptors (Lipinski definition) is 6. The number of anilines is 1. The second-order valence-corrected chi connectivity index (χ2v) is 10.0. The van der Waals surface area contributed by atoms with Crippen LogP contribution in [0, 0.1) is 6.92 Å². The van der Waals surface area contributed by atoms with Gasteiger partial charge >= 0.3 is 5.91 Å². The highest BCUT2D eigenvalue weighted by molar-refractivity contribution is 7.22. The van der Waals surface area contributed by atoms with Gasteiger partial charge in [-0.2, -0.15) is 0 Å². The fourth-order valence-electron chi connectivity index (χ4n) is 4.23. The Morgan fingerprint density at radius 2 is 1.89 bits per heavy atom. The number of aryl methyl sites for hydroxylation is 1. The molecule has 1 aliphatic heterocycles. The van der Waals surface area contributed by atoms with Crippen LogP contribution in [0.4, 0.5) is 5.13 Å². The van der Waals surface area contributed by atoms with E-state index in [1.54, 1.807) is 30.3 Å². The van der Waals surface area contributed by atoms with Crippen LogP contribution in [0.3, 0.4) is 0 Å². The lowest BCUT2D eigenvalue weighted by Crippen LogP contribution is -2.29. The normalized spacial score (nSPS) is 17.2. The summed E-state index contributed by atoms with van der Waals surface area (Å²) in [5.41, 5.74) is 2.82. The maximum atomic E-state index is 13.4. The van der Waals surface area contributed by atoms with E-state index in [4.69, 9.17) is 16.3 Å². The molecule has 6 nitrogen and oxygen atoms in total. The number of aromatic nitrogens is 1. The summed E-state index contributed by atoms with van der Waals surface area (Å²) in [4.78, 5) is 32.9. The standard InChI is InChI=1S/C28H23ClN2O4S/c1-3-13-35-20-6-4-5-18(15-20)24-23(25(32)17-8-10-19(29)11-9-17)26(33)27(34)31(24)28-30-21-12-7-16(2)14-22(21)36-28/h4-12,14-15,24,32H,3,13H2,1-2H3/b25-23+. The minimum atomic E-state index is -0.882. The number of carbonyl (C=O) groups excluding carboxylic acids is 2. The summed E-state index contributed by atoms with van der Waals surface area (Å²) in [6, 6.07) is 18.7. The quantitative estimate of drug-likeness (QED) is 0.175. The summed E-state index contributed by atoms with van der Waals surface area (Å²) in [6.07, 6.45) is 0.838. The van der Waals surface area contributed by atoms with Crippen molar-refractivity contribution in [2.24, 2.45) is 0 Å². The first-order valence-electron chi connectivity index (χ1n) is 11.5. The van der Waals surface area contributed by atoms with Gasteiger partial charge in [-0.05, 0) is 73.0 Å². The summed E-state index contributed by atoms with van der Waals surface area (Å²) in [5.74, 6) is -1.17. The van der Waals surface area contributed by atoms with Crippen molar-refractivity contribution >= 4 is 55.7 Å². The number of hydrogen-bond donors (Lipinski definition) is 1. The molecule has 1 fully saturated rings. The molecule has 1 amide bonds. The lowest BCUT2D eigenvalue weighted by molar-refractivity contribution is -0.132. The average Bonchev–Trinajstić information content (AvgIpc) is 3.40. The zero-order valence-electron chi connectivity index (χ0n) is 19.7. The maximum absolute atomic E-state index is 13.4. The lowest BCUT2D eigenvalue weighted by atomic mass is 9.95. The number of ketones is 1. The number of nitrogens with zero attached hydrogens (tertiary/aromatic N) is 2. The molecule has 0 radical (unpaired) electrons. The third-order valence-electron chi connectivity index (χ3n) is 5.95. The summed E-state index contributed by atoms with van der Waals surface area (Å²) in [5, 5.41) is 12.2. The Balaban J connectivity index is 1.70. The van der Waals surface area contributed by atoms with E-state index in [2.05, 4.69) is 4.98 Å². The second-order valence-electron chi connectivity index (χ2n) is 8.56. The Morgan fingerprint density at radius 3 is 2.64 bits per heavy atom. The highest BCUT2D eigenvalue weighted by atomic mass is 35.5. The number of amides is 1. The van der Waals surface area contributed by atoms with E-state index in [0.717, 1.165) is 22.2 Å². The van der Waals surface area contributed by atoms with Crippen molar-refractivity contribution in [1.29, 1.82) is 0 Å². The van der Waals surface area contributed by atoms with Crippen LogP contribution in [0.15, 0.2) is 72.3 Å². The van der Waals surface area contributed by atoms with Gasteiger partial charge in [0.05, 0.1) is 28.4 Å². The SMILES string of the molecule is CCCOc1cccc(C2/C(=C(\O)c3ccc(Cl)cc3)C(=O)C(=O)N2c2nc3ccc(C)cc3s2)c1. The molecule has 8 heteroatoms. The van der Waals surface area contributed by atoms with Crippen molar-refractivity contribution in [3.8, 4) is 5.75 Å². The molecule has 0 spiro atoms. The molecule has 36 heavy (non-hydrogen) atoms. The molecule has 1 N–H and O–H groups in total. The molecule has 182 valence electrons. The van der Waals surface area contributed by atoms with Crippen LogP contribution in [0.1, 0.15) is 36.1 Å². The molecule has 0 aliphatic carbocycles. The van der Waals surface area contributed by atoms with Crippen LogP contribution in [0.25, 0.3) is 16.0 Å². The van der Waals surface area contributed by atoms with Crippen LogP contribution in [-0.2, 0) is 9.59 Å². The molecule has 2 heterocycles. The van der Waals surface area contributed by atoms with E-state index in [1.807, 2.05) is 50.2 Å². The Hall–Kier alpha value is -3.68. The minimum absolute atomic E-state index is 0.00889. The number of Topliss-reactive ketones (excluding diaryl/α,β-unsaturated/α-hetero) is 1. The number of benzene rings is 3. The third kappa shape index (κ3) is 4.36. The largest absolute Gasteiger partial charge is 0.507 e. The van der Waals surface area contributed by atoms with E-state index >= 15 is 0 Å². The van der Waals surface area contributed by atoms with Crippen LogP contribution in [0.5, 0.6) is 5.75 Å². The lowest BCUT2D eigenvalue weighted by Gasteiger charge is -2.23. The maximum Gasteiger partial charge on any atom is 0.301 e. The van der Waals surface area contributed by atoms with Crippen molar-refractivity contribution in [3.63, 3.8) is 0 Å². The molecule has 0 saturated carbocycles. The zero-order chi connectivity index (χ0) is 25.4. The van der Waals surface area contributed by atoms with E-state index in [-0.39, 0.29) is 11.3 Å². The second kappa shape index (κ2) is 9.76. The first-order chi connectivity index (χ1) is 17.4. The molecule has 0 bridgehead atoms. The highest BCUT2D eigenvalue weighted by Gasteiger charge is 2.48. The molecular formula is C28H23ClN2O4S. The van der Waals surface area contributed by atoms with Gasteiger partial charge in [0.15, 0.2) is 5.13 Å². The van der Waals surface area contributed by atoms with Gasteiger partial charge in [0.1, 0.15) is 11.5 Å².